The van der Waals surface area contributed by atoms with Crippen LogP contribution in [0.4, 0.5) is 10.2 Å². The van der Waals surface area contributed by atoms with Crippen LogP contribution in [0, 0.1) is 5.82 Å². The van der Waals surface area contributed by atoms with Gasteiger partial charge in [0.25, 0.3) is 5.91 Å². The molecule has 0 aliphatic heterocycles. The van der Waals surface area contributed by atoms with Gasteiger partial charge in [0.2, 0.25) is 5.82 Å². The average Bonchev–Trinajstić information content (AvgIpc) is 3.56. The zero-order valence-corrected chi connectivity index (χ0v) is 20.1. The SMILES string of the molecule is COCc1nc(C(=O)NCc2ccc3c(N)nccc3c2F)nn1Cc1ccc(Cn2cccn2)cc1. The van der Waals surface area contributed by atoms with Gasteiger partial charge in [0, 0.05) is 48.6 Å². The Hall–Kier alpha value is -4.64. The number of nitrogens with two attached hydrogens (primary N) is 1. The summed E-state index contributed by atoms with van der Waals surface area (Å²) in [5, 5.41) is 12.2. The molecule has 11 heteroatoms. The standard InChI is InChI=1S/C26H25FN8O2/c1-37-16-22-32-25(26(36)30-13-19-7-8-21-20(23(19)27)9-11-29-24(21)28)33-35(22)15-18-5-3-17(4-6-18)14-34-12-2-10-31-34/h2-12H,13-16H2,1H3,(H2,28,29)(H,30,36). The van der Waals surface area contributed by atoms with Crippen molar-refractivity contribution in [2.75, 3.05) is 12.8 Å². The third-order valence-corrected chi connectivity index (χ3v) is 5.91. The Bertz CT molecular complexity index is 1530. The van der Waals surface area contributed by atoms with E-state index in [9.17, 15) is 9.18 Å². The molecule has 188 valence electrons. The highest BCUT2D eigenvalue weighted by atomic mass is 19.1. The largest absolute Gasteiger partial charge is 0.383 e. The molecule has 0 spiro atoms. The van der Waals surface area contributed by atoms with Crippen molar-refractivity contribution in [3.05, 3.63) is 101 Å². The van der Waals surface area contributed by atoms with Crippen molar-refractivity contribution in [3.8, 4) is 0 Å². The van der Waals surface area contributed by atoms with Gasteiger partial charge in [0.1, 0.15) is 18.2 Å². The first-order valence-electron chi connectivity index (χ1n) is 11.6. The number of ether oxygens (including phenoxy) is 1. The van der Waals surface area contributed by atoms with Crippen LogP contribution in [0.15, 0.2) is 67.1 Å². The summed E-state index contributed by atoms with van der Waals surface area (Å²) in [6, 6.07) is 14.8. The van der Waals surface area contributed by atoms with E-state index in [1.165, 1.54) is 6.20 Å². The second-order valence-electron chi connectivity index (χ2n) is 8.48. The quantitative estimate of drug-likeness (QED) is 0.319. The fourth-order valence-electron chi connectivity index (χ4n) is 4.01. The van der Waals surface area contributed by atoms with Crippen LogP contribution in [0.1, 0.15) is 33.1 Å². The Morgan fingerprint density at radius 1 is 1.05 bits per heavy atom. The summed E-state index contributed by atoms with van der Waals surface area (Å²) < 4.78 is 23.7. The van der Waals surface area contributed by atoms with Crippen molar-refractivity contribution in [2.45, 2.75) is 26.2 Å². The van der Waals surface area contributed by atoms with E-state index in [0.29, 0.717) is 35.2 Å². The number of nitrogens with one attached hydrogen (secondary N) is 1. The van der Waals surface area contributed by atoms with Gasteiger partial charge < -0.3 is 15.8 Å². The normalized spacial score (nSPS) is 11.2. The molecular weight excluding hydrogens is 475 g/mol. The van der Waals surface area contributed by atoms with Crippen molar-refractivity contribution >= 4 is 22.5 Å². The Balaban J connectivity index is 1.28. The van der Waals surface area contributed by atoms with Gasteiger partial charge in [-0.3, -0.25) is 9.48 Å². The van der Waals surface area contributed by atoms with Gasteiger partial charge in [0.15, 0.2) is 5.82 Å². The maximum absolute atomic E-state index is 15.0. The number of nitrogen functional groups attached to an aromatic ring is 1. The average molecular weight is 501 g/mol. The molecule has 0 aliphatic rings. The Morgan fingerprint density at radius 2 is 1.84 bits per heavy atom. The fourth-order valence-corrected chi connectivity index (χ4v) is 4.01. The van der Waals surface area contributed by atoms with Gasteiger partial charge in [-0.2, -0.15) is 5.10 Å². The van der Waals surface area contributed by atoms with Gasteiger partial charge in [-0.05, 0) is 23.3 Å². The second kappa shape index (κ2) is 10.5. The van der Waals surface area contributed by atoms with E-state index in [2.05, 4.69) is 25.5 Å². The van der Waals surface area contributed by atoms with Gasteiger partial charge in [-0.15, -0.1) is 5.10 Å². The van der Waals surface area contributed by atoms with Crippen LogP contribution >= 0.6 is 0 Å². The minimum atomic E-state index is -0.514. The van der Waals surface area contributed by atoms with Crippen molar-refractivity contribution in [1.29, 1.82) is 0 Å². The van der Waals surface area contributed by atoms with Crippen LogP contribution in [0.3, 0.4) is 0 Å². The summed E-state index contributed by atoms with van der Waals surface area (Å²) in [6.07, 6.45) is 5.11. The summed E-state index contributed by atoms with van der Waals surface area (Å²) in [6.45, 7) is 1.24. The van der Waals surface area contributed by atoms with Crippen molar-refractivity contribution in [3.63, 3.8) is 0 Å². The van der Waals surface area contributed by atoms with E-state index in [4.69, 9.17) is 10.5 Å². The van der Waals surface area contributed by atoms with Crippen LogP contribution in [-0.2, 0) is 31.0 Å². The number of hydrogen-bond acceptors (Lipinski definition) is 7. The number of methoxy groups -OCH3 is 1. The highest BCUT2D eigenvalue weighted by molar-refractivity contribution is 5.92. The molecule has 37 heavy (non-hydrogen) atoms. The lowest BCUT2D eigenvalue weighted by molar-refractivity contribution is 0.0939. The number of fused-ring (bicyclic) bond motifs is 1. The number of hydrogen-bond donors (Lipinski definition) is 2. The smallest absolute Gasteiger partial charge is 0.291 e. The number of nitrogens with zero attached hydrogens (tertiary/aromatic N) is 6. The number of halogens is 1. The fraction of sp³-hybridized carbons (Fsp3) is 0.192. The van der Waals surface area contributed by atoms with Gasteiger partial charge in [-0.1, -0.05) is 36.4 Å². The molecule has 0 unspecified atom stereocenters. The Labute approximate surface area is 211 Å². The summed E-state index contributed by atoms with van der Waals surface area (Å²) in [5.41, 5.74) is 8.25. The molecule has 3 N–H and O–H groups in total. The molecule has 0 bridgehead atoms. The number of aromatic nitrogens is 6. The monoisotopic (exact) mass is 500 g/mol. The summed E-state index contributed by atoms with van der Waals surface area (Å²) >= 11 is 0. The van der Waals surface area contributed by atoms with Crippen LogP contribution in [0.5, 0.6) is 0 Å². The van der Waals surface area contributed by atoms with E-state index in [1.54, 1.807) is 36.2 Å². The molecule has 0 saturated carbocycles. The third kappa shape index (κ3) is 5.31. The number of amides is 1. The minimum Gasteiger partial charge on any atom is -0.383 e. The topological polar surface area (TPSA) is 126 Å². The minimum absolute atomic E-state index is 0.0167. The predicted molar refractivity (Wildman–Crippen MR) is 135 cm³/mol. The van der Waals surface area contributed by atoms with Crippen molar-refractivity contribution < 1.29 is 13.9 Å². The lowest BCUT2D eigenvalue weighted by Gasteiger charge is -2.08. The second-order valence-corrected chi connectivity index (χ2v) is 8.48. The van der Waals surface area contributed by atoms with Crippen LogP contribution in [0.25, 0.3) is 10.8 Å². The number of rotatable bonds is 9. The Morgan fingerprint density at radius 3 is 2.57 bits per heavy atom. The summed E-state index contributed by atoms with van der Waals surface area (Å²) in [5.74, 6) is -0.231. The highest BCUT2D eigenvalue weighted by Gasteiger charge is 2.18. The van der Waals surface area contributed by atoms with Crippen LogP contribution in [-0.4, -0.2) is 42.5 Å². The van der Waals surface area contributed by atoms with Crippen molar-refractivity contribution in [2.24, 2.45) is 0 Å². The van der Waals surface area contributed by atoms with E-state index in [0.717, 1.165) is 11.1 Å². The first-order valence-corrected chi connectivity index (χ1v) is 11.6. The molecule has 3 heterocycles. The number of pyridine rings is 1. The van der Waals surface area contributed by atoms with Crippen LogP contribution in [0.2, 0.25) is 0 Å². The van der Waals surface area contributed by atoms with Gasteiger partial charge in [-0.25, -0.2) is 19.0 Å². The first-order chi connectivity index (χ1) is 18.0. The zero-order chi connectivity index (χ0) is 25.8. The molecule has 0 aliphatic carbocycles. The summed E-state index contributed by atoms with van der Waals surface area (Å²) in [7, 11) is 1.55. The van der Waals surface area contributed by atoms with E-state index >= 15 is 0 Å². The molecule has 0 fully saturated rings. The number of anilines is 1. The Kier molecular flexibility index (Phi) is 6.86. The highest BCUT2D eigenvalue weighted by Crippen LogP contribution is 2.24. The molecule has 5 rings (SSSR count). The molecule has 0 saturated heterocycles. The van der Waals surface area contributed by atoms with Gasteiger partial charge >= 0.3 is 0 Å². The molecule has 1 amide bonds. The molecule has 10 nitrogen and oxygen atoms in total. The summed E-state index contributed by atoms with van der Waals surface area (Å²) in [4.78, 5) is 21.1. The third-order valence-electron chi connectivity index (χ3n) is 5.91. The predicted octanol–water partition coefficient (Wildman–Crippen LogP) is 2.92. The molecule has 5 aromatic rings. The van der Waals surface area contributed by atoms with E-state index in [-0.39, 0.29) is 24.8 Å². The lowest BCUT2D eigenvalue weighted by atomic mass is 10.1. The van der Waals surface area contributed by atoms with Crippen molar-refractivity contribution in [1.82, 2.24) is 34.8 Å². The molecule has 2 aromatic carbocycles. The van der Waals surface area contributed by atoms with Crippen LogP contribution < -0.4 is 11.1 Å². The van der Waals surface area contributed by atoms with Gasteiger partial charge in [0.05, 0.1) is 13.1 Å². The maximum atomic E-state index is 15.0. The number of carbonyl (C=O) groups is 1. The lowest BCUT2D eigenvalue weighted by Crippen LogP contribution is -2.24. The van der Waals surface area contributed by atoms with E-state index < -0.39 is 11.7 Å². The molecule has 0 radical (unpaired) electrons. The molecule has 3 aromatic heterocycles. The number of carbonyl (C=O) groups excluding carboxylic acids is 1. The zero-order valence-electron chi connectivity index (χ0n) is 20.1. The molecule has 0 atom stereocenters. The van der Waals surface area contributed by atoms with E-state index in [1.807, 2.05) is 41.2 Å². The first kappa shape index (κ1) is 24.1. The maximum Gasteiger partial charge on any atom is 0.291 e. The number of benzene rings is 2. The molecular formula is C26H25FN8O2.